The molecule has 1 N–H and O–H groups in total. The molecule has 0 amide bonds. The number of methoxy groups -OCH3 is 1. The molecule has 0 aliphatic carbocycles. The van der Waals surface area contributed by atoms with Gasteiger partial charge in [-0.25, -0.2) is 0 Å². The Morgan fingerprint density at radius 3 is 2.50 bits per heavy atom. The van der Waals surface area contributed by atoms with Gasteiger partial charge in [-0.05, 0) is 13.5 Å². The summed E-state index contributed by atoms with van der Waals surface area (Å²) >= 11 is 0. The second kappa shape index (κ2) is 8.01. The van der Waals surface area contributed by atoms with Gasteiger partial charge in [-0.1, -0.05) is 6.92 Å². The van der Waals surface area contributed by atoms with E-state index in [0.29, 0.717) is 6.04 Å². The highest BCUT2D eigenvalue weighted by molar-refractivity contribution is 4.71. The molecular formula is C12H27N3O. The maximum atomic E-state index is 5.17. The predicted octanol–water partition coefficient (Wildman–Crippen LogP) is 0.248. The smallest absolute Gasteiger partial charge is 0.0615 e. The van der Waals surface area contributed by atoms with Crippen molar-refractivity contribution in [2.45, 2.75) is 19.4 Å². The molecule has 0 spiro atoms. The third-order valence-electron chi connectivity index (χ3n) is 3.32. The summed E-state index contributed by atoms with van der Waals surface area (Å²) in [5.41, 5.74) is 0. The lowest BCUT2D eigenvalue weighted by Gasteiger charge is -2.32. The van der Waals surface area contributed by atoms with Gasteiger partial charge in [-0.15, -0.1) is 0 Å². The highest BCUT2D eigenvalue weighted by atomic mass is 16.5. The van der Waals surface area contributed by atoms with Gasteiger partial charge >= 0.3 is 0 Å². The van der Waals surface area contributed by atoms with Gasteiger partial charge < -0.3 is 15.0 Å². The molecule has 0 saturated carbocycles. The topological polar surface area (TPSA) is 27.7 Å². The maximum absolute atomic E-state index is 5.17. The van der Waals surface area contributed by atoms with E-state index < -0.39 is 0 Å². The zero-order chi connectivity index (χ0) is 11.8. The number of hydrogen-bond donors (Lipinski definition) is 1. The molecule has 1 unspecified atom stereocenters. The van der Waals surface area contributed by atoms with Crippen molar-refractivity contribution in [2.75, 3.05) is 60.0 Å². The van der Waals surface area contributed by atoms with E-state index >= 15 is 0 Å². The average Bonchev–Trinajstić information content (AvgIpc) is 2.30. The summed E-state index contributed by atoms with van der Waals surface area (Å²) in [7, 11) is 3.96. The minimum Gasteiger partial charge on any atom is -0.383 e. The summed E-state index contributed by atoms with van der Waals surface area (Å²) in [4.78, 5) is 4.93. The largest absolute Gasteiger partial charge is 0.383 e. The first kappa shape index (κ1) is 13.9. The quantitative estimate of drug-likeness (QED) is 0.677. The summed E-state index contributed by atoms with van der Waals surface area (Å²) in [6, 6.07) is 0.512. The molecule has 1 aliphatic rings. The molecule has 16 heavy (non-hydrogen) atoms. The maximum Gasteiger partial charge on any atom is 0.0615 e. The fourth-order valence-corrected chi connectivity index (χ4v) is 2.02. The van der Waals surface area contributed by atoms with Gasteiger partial charge in [-0.3, -0.25) is 4.90 Å². The van der Waals surface area contributed by atoms with Gasteiger partial charge in [0, 0.05) is 52.4 Å². The predicted molar refractivity (Wildman–Crippen MR) is 67.9 cm³/mol. The monoisotopic (exact) mass is 229 g/mol. The van der Waals surface area contributed by atoms with Crippen molar-refractivity contribution in [3.05, 3.63) is 0 Å². The Kier molecular flexibility index (Phi) is 6.96. The summed E-state index contributed by atoms with van der Waals surface area (Å²) in [5, 5.41) is 3.55. The van der Waals surface area contributed by atoms with Crippen molar-refractivity contribution < 1.29 is 4.74 Å². The lowest BCUT2D eigenvalue weighted by atomic mass is 10.2. The number of likely N-dealkylation sites (N-methyl/N-ethyl adjacent to an activating group) is 1. The molecule has 1 heterocycles. The van der Waals surface area contributed by atoms with Crippen LogP contribution in [0.25, 0.3) is 0 Å². The second-order valence-electron chi connectivity index (χ2n) is 4.66. The first-order chi connectivity index (χ1) is 7.76. The Morgan fingerprint density at radius 1 is 1.25 bits per heavy atom. The Hall–Kier alpha value is -0.160. The van der Waals surface area contributed by atoms with E-state index in [-0.39, 0.29) is 0 Å². The Morgan fingerprint density at radius 2 is 1.94 bits per heavy atom. The van der Waals surface area contributed by atoms with Crippen LogP contribution >= 0.6 is 0 Å². The Balaban J connectivity index is 2.05. The van der Waals surface area contributed by atoms with Crippen LogP contribution in [0.15, 0.2) is 0 Å². The average molecular weight is 229 g/mol. The van der Waals surface area contributed by atoms with Crippen LogP contribution in [0.5, 0.6) is 0 Å². The summed E-state index contributed by atoms with van der Waals surface area (Å²) in [6.07, 6.45) is 1.14. The van der Waals surface area contributed by atoms with Crippen molar-refractivity contribution in [2.24, 2.45) is 0 Å². The summed E-state index contributed by atoms with van der Waals surface area (Å²) in [5.74, 6) is 0. The number of piperazine rings is 1. The highest BCUT2D eigenvalue weighted by Crippen LogP contribution is 1.98. The van der Waals surface area contributed by atoms with Gasteiger partial charge in [0.1, 0.15) is 0 Å². The van der Waals surface area contributed by atoms with E-state index in [2.05, 4.69) is 29.1 Å². The molecule has 1 fully saturated rings. The molecule has 1 rings (SSSR count). The molecule has 0 aromatic heterocycles. The van der Waals surface area contributed by atoms with E-state index in [1.54, 1.807) is 7.11 Å². The lowest BCUT2D eigenvalue weighted by molar-refractivity contribution is 0.142. The van der Waals surface area contributed by atoms with Crippen LogP contribution in [0.1, 0.15) is 13.3 Å². The van der Waals surface area contributed by atoms with Gasteiger partial charge in [0.15, 0.2) is 0 Å². The SMILES string of the molecule is CCC(COC)NCCN1CCN(C)CC1. The minimum atomic E-state index is 0.512. The lowest BCUT2D eigenvalue weighted by Crippen LogP contribution is -2.47. The van der Waals surface area contributed by atoms with Crippen molar-refractivity contribution in [3.63, 3.8) is 0 Å². The third kappa shape index (κ3) is 5.25. The molecule has 0 aromatic carbocycles. The van der Waals surface area contributed by atoms with Crippen molar-refractivity contribution >= 4 is 0 Å². The molecule has 4 nitrogen and oxygen atoms in total. The number of ether oxygens (including phenoxy) is 1. The normalized spacial score (nSPS) is 21.2. The van der Waals surface area contributed by atoms with Gasteiger partial charge in [0.05, 0.1) is 6.61 Å². The standard InChI is InChI=1S/C12H27N3O/c1-4-12(11-16-3)13-5-6-15-9-7-14(2)8-10-15/h12-13H,4-11H2,1-3H3. The third-order valence-corrected chi connectivity index (χ3v) is 3.32. The zero-order valence-electron chi connectivity index (χ0n) is 11.0. The van der Waals surface area contributed by atoms with Gasteiger partial charge in [-0.2, -0.15) is 0 Å². The number of hydrogen-bond acceptors (Lipinski definition) is 4. The zero-order valence-corrected chi connectivity index (χ0v) is 11.0. The van der Waals surface area contributed by atoms with Crippen molar-refractivity contribution in [1.82, 2.24) is 15.1 Å². The summed E-state index contributed by atoms with van der Waals surface area (Å²) < 4.78 is 5.17. The molecule has 1 saturated heterocycles. The van der Waals surface area contributed by atoms with Crippen LogP contribution in [0.4, 0.5) is 0 Å². The van der Waals surface area contributed by atoms with Crippen LogP contribution in [0.3, 0.4) is 0 Å². The minimum absolute atomic E-state index is 0.512. The molecular weight excluding hydrogens is 202 g/mol. The van der Waals surface area contributed by atoms with E-state index in [1.807, 2.05) is 0 Å². The van der Waals surface area contributed by atoms with E-state index in [9.17, 15) is 0 Å². The number of rotatable bonds is 7. The van der Waals surface area contributed by atoms with Crippen LogP contribution in [-0.2, 0) is 4.74 Å². The first-order valence-electron chi connectivity index (χ1n) is 6.39. The molecule has 0 bridgehead atoms. The van der Waals surface area contributed by atoms with E-state index in [4.69, 9.17) is 4.74 Å². The fraction of sp³-hybridized carbons (Fsp3) is 1.00. The summed E-state index contributed by atoms with van der Waals surface area (Å²) in [6.45, 7) is 10.1. The molecule has 0 radical (unpaired) electrons. The van der Waals surface area contributed by atoms with Crippen LogP contribution < -0.4 is 5.32 Å². The van der Waals surface area contributed by atoms with E-state index in [0.717, 1.165) is 26.1 Å². The van der Waals surface area contributed by atoms with Crippen LogP contribution in [-0.4, -0.2) is 75.9 Å². The second-order valence-corrected chi connectivity index (χ2v) is 4.66. The Bertz CT molecular complexity index is 170. The van der Waals surface area contributed by atoms with Gasteiger partial charge in [0.2, 0.25) is 0 Å². The molecule has 1 atom stereocenters. The molecule has 4 heteroatoms. The number of nitrogens with one attached hydrogen (secondary N) is 1. The molecule has 0 aromatic rings. The van der Waals surface area contributed by atoms with Crippen molar-refractivity contribution in [3.8, 4) is 0 Å². The van der Waals surface area contributed by atoms with Crippen LogP contribution in [0.2, 0.25) is 0 Å². The molecule has 96 valence electrons. The van der Waals surface area contributed by atoms with Gasteiger partial charge in [0.25, 0.3) is 0 Å². The van der Waals surface area contributed by atoms with Crippen molar-refractivity contribution in [1.29, 1.82) is 0 Å². The molecule has 1 aliphatic heterocycles. The first-order valence-corrected chi connectivity index (χ1v) is 6.39. The Labute approximate surface area is 99.9 Å². The fourth-order valence-electron chi connectivity index (χ4n) is 2.02. The number of nitrogens with zero attached hydrogens (tertiary/aromatic N) is 2. The highest BCUT2D eigenvalue weighted by Gasteiger charge is 2.13. The van der Waals surface area contributed by atoms with Crippen LogP contribution in [0, 0.1) is 0 Å². The van der Waals surface area contributed by atoms with E-state index in [1.165, 1.54) is 26.2 Å².